The molecule has 0 aliphatic heterocycles. The molecule has 0 unspecified atom stereocenters. The van der Waals surface area contributed by atoms with Gasteiger partial charge in [-0.25, -0.2) is 4.39 Å². The molecule has 1 N–H and O–H groups in total. The van der Waals surface area contributed by atoms with Crippen LogP contribution >= 0.6 is 0 Å². The molecule has 0 spiro atoms. The van der Waals surface area contributed by atoms with Crippen molar-refractivity contribution in [3.63, 3.8) is 0 Å². The van der Waals surface area contributed by atoms with Crippen molar-refractivity contribution in [3.05, 3.63) is 54.1 Å². The molecule has 2 aromatic rings. The molecule has 0 aliphatic carbocycles. The fourth-order valence-corrected chi connectivity index (χ4v) is 1.68. The van der Waals surface area contributed by atoms with Gasteiger partial charge in [0.2, 0.25) is 0 Å². The van der Waals surface area contributed by atoms with Crippen molar-refractivity contribution in [2.45, 2.75) is 6.42 Å². The topological polar surface area (TPSA) is 34.1 Å². The van der Waals surface area contributed by atoms with Gasteiger partial charge in [-0.15, -0.1) is 0 Å². The van der Waals surface area contributed by atoms with Gasteiger partial charge in [-0.1, -0.05) is 0 Å². The number of hydrogen-bond donors (Lipinski definition) is 1. The van der Waals surface area contributed by atoms with Crippen LogP contribution in [-0.4, -0.2) is 18.6 Å². The zero-order chi connectivity index (χ0) is 12.8. The van der Waals surface area contributed by atoms with Gasteiger partial charge in [0.15, 0.2) is 0 Å². The van der Waals surface area contributed by atoms with Crippen molar-refractivity contribution in [1.82, 2.24) is 4.98 Å². The zero-order valence-corrected chi connectivity index (χ0v) is 10.2. The molecule has 2 rings (SSSR count). The third kappa shape index (κ3) is 3.45. The lowest BCUT2D eigenvalue weighted by Gasteiger charge is -2.08. The van der Waals surface area contributed by atoms with Crippen LogP contribution in [0.15, 0.2) is 42.7 Å². The van der Waals surface area contributed by atoms with Crippen molar-refractivity contribution in [1.29, 1.82) is 0 Å². The number of ether oxygens (including phenoxy) is 1. The molecule has 0 bridgehead atoms. The minimum Gasteiger partial charge on any atom is -0.497 e. The molecule has 0 atom stereocenters. The van der Waals surface area contributed by atoms with Crippen LogP contribution in [0.1, 0.15) is 5.56 Å². The molecule has 94 valence electrons. The highest BCUT2D eigenvalue weighted by molar-refractivity contribution is 5.48. The number of benzene rings is 1. The molecule has 0 amide bonds. The first-order chi connectivity index (χ1) is 8.78. The molecule has 0 fully saturated rings. The third-order valence-corrected chi connectivity index (χ3v) is 2.60. The monoisotopic (exact) mass is 246 g/mol. The number of nitrogens with one attached hydrogen (secondary N) is 1. The van der Waals surface area contributed by atoms with E-state index >= 15 is 0 Å². The number of aromatic nitrogens is 1. The van der Waals surface area contributed by atoms with E-state index in [0.29, 0.717) is 5.75 Å². The maximum absolute atomic E-state index is 13.2. The molecule has 0 saturated heterocycles. The maximum atomic E-state index is 13.2. The first-order valence-electron chi connectivity index (χ1n) is 5.75. The second kappa shape index (κ2) is 6.00. The number of methoxy groups -OCH3 is 1. The van der Waals surface area contributed by atoms with E-state index in [0.717, 1.165) is 18.7 Å². The number of anilines is 1. The second-order valence-electron chi connectivity index (χ2n) is 3.91. The summed E-state index contributed by atoms with van der Waals surface area (Å²) in [5, 5.41) is 3.17. The van der Waals surface area contributed by atoms with E-state index in [1.807, 2.05) is 12.1 Å². The van der Waals surface area contributed by atoms with Crippen molar-refractivity contribution < 1.29 is 9.13 Å². The SMILES string of the molecule is COc1cc(F)cc(NCCc2ccncc2)c1. The molecule has 0 radical (unpaired) electrons. The van der Waals surface area contributed by atoms with Gasteiger partial charge in [-0.2, -0.15) is 0 Å². The predicted octanol–water partition coefficient (Wildman–Crippen LogP) is 2.88. The summed E-state index contributed by atoms with van der Waals surface area (Å²) in [5.41, 5.74) is 1.92. The quantitative estimate of drug-likeness (QED) is 0.880. The van der Waals surface area contributed by atoms with Gasteiger partial charge in [-0.3, -0.25) is 4.98 Å². The number of pyridine rings is 1. The molecule has 0 saturated carbocycles. The van der Waals surface area contributed by atoms with Crippen molar-refractivity contribution in [3.8, 4) is 5.75 Å². The van der Waals surface area contributed by atoms with Crippen LogP contribution in [0.3, 0.4) is 0 Å². The highest BCUT2D eigenvalue weighted by Crippen LogP contribution is 2.19. The van der Waals surface area contributed by atoms with Gasteiger partial charge in [0.25, 0.3) is 0 Å². The minimum absolute atomic E-state index is 0.305. The summed E-state index contributed by atoms with van der Waals surface area (Å²) in [7, 11) is 1.52. The lowest BCUT2D eigenvalue weighted by atomic mass is 10.2. The predicted molar refractivity (Wildman–Crippen MR) is 69.4 cm³/mol. The van der Waals surface area contributed by atoms with Gasteiger partial charge in [0.05, 0.1) is 7.11 Å². The van der Waals surface area contributed by atoms with Crippen LogP contribution in [0, 0.1) is 5.82 Å². The molecule has 1 aromatic carbocycles. The molecule has 1 heterocycles. The number of halogens is 1. The van der Waals surface area contributed by atoms with E-state index < -0.39 is 0 Å². The Morgan fingerprint density at radius 2 is 2.00 bits per heavy atom. The Kier molecular flexibility index (Phi) is 4.12. The Morgan fingerprint density at radius 3 is 2.72 bits per heavy atom. The molecular weight excluding hydrogens is 231 g/mol. The Labute approximate surface area is 106 Å². The number of nitrogens with zero attached hydrogens (tertiary/aromatic N) is 1. The van der Waals surface area contributed by atoms with Crippen LogP contribution in [0.5, 0.6) is 5.75 Å². The summed E-state index contributed by atoms with van der Waals surface area (Å²) in [6.45, 7) is 0.733. The van der Waals surface area contributed by atoms with Crippen molar-refractivity contribution >= 4 is 5.69 Å². The van der Waals surface area contributed by atoms with E-state index in [4.69, 9.17) is 4.74 Å². The summed E-state index contributed by atoms with van der Waals surface area (Å²) in [5.74, 6) is 0.210. The van der Waals surface area contributed by atoms with Gasteiger partial charge in [0, 0.05) is 36.8 Å². The molecule has 0 aliphatic rings. The lowest BCUT2D eigenvalue weighted by molar-refractivity contribution is 0.411. The Morgan fingerprint density at radius 1 is 1.22 bits per heavy atom. The van der Waals surface area contributed by atoms with E-state index in [-0.39, 0.29) is 5.82 Å². The molecular formula is C14H15FN2O. The zero-order valence-electron chi connectivity index (χ0n) is 10.2. The Balaban J connectivity index is 1.92. The number of rotatable bonds is 5. The van der Waals surface area contributed by atoms with Crippen LogP contribution < -0.4 is 10.1 Å². The fourth-order valence-electron chi connectivity index (χ4n) is 1.68. The van der Waals surface area contributed by atoms with Gasteiger partial charge >= 0.3 is 0 Å². The summed E-state index contributed by atoms with van der Waals surface area (Å²) >= 11 is 0. The van der Waals surface area contributed by atoms with E-state index in [1.165, 1.54) is 24.8 Å². The lowest BCUT2D eigenvalue weighted by Crippen LogP contribution is -2.05. The largest absolute Gasteiger partial charge is 0.497 e. The van der Waals surface area contributed by atoms with E-state index in [9.17, 15) is 4.39 Å². The van der Waals surface area contributed by atoms with E-state index in [1.54, 1.807) is 18.5 Å². The molecule has 18 heavy (non-hydrogen) atoms. The first kappa shape index (κ1) is 12.4. The van der Waals surface area contributed by atoms with Gasteiger partial charge in [-0.05, 0) is 30.2 Å². The van der Waals surface area contributed by atoms with Crippen LogP contribution in [-0.2, 0) is 6.42 Å². The molecule has 4 heteroatoms. The Hall–Kier alpha value is -2.10. The normalized spacial score (nSPS) is 10.1. The minimum atomic E-state index is -0.305. The van der Waals surface area contributed by atoms with E-state index in [2.05, 4.69) is 10.3 Å². The van der Waals surface area contributed by atoms with Crippen LogP contribution in [0.25, 0.3) is 0 Å². The highest BCUT2D eigenvalue weighted by Gasteiger charge is 2.00. The molecule has 1 aromatic heterocycles. The third-order valence-electron chi connectivity index (χ3n) is 2.60. The van der Waals surface area contributed by atoms with Crippen molar-refractivity contribution in [2.75, 3.05) is 19.0 Å². The average molecular weight is 246 g/mol. The molecule has 3 nitrogen and oxygen atoms in total. The standard InChI is InChI=1S/C14H15FN2O/c1-18-14-9-12(15)8-13(10-14)17-7-4-11-2-5-16-6-3-11/h2-3,5-6,8-10,17H,4,7H2,1H3. The maximum Gasteiger partial charge on any atom is 0.128 e. The average Bonchev–Trinajstić information content (AvgIpc) is 2.39. The van der Waals surface area contributed by atoms with Crippen LogP contribution in [0.4, 0.5) is 10.1 Å². The second-order valence-corrected chi connectivity index (χ2v) is 3.91. The summed E-state index contributed by atoms with van der Waals surface area (Å²) in [4.78, 5) is 3.96. The summed E-state index contributed by atoms with van der Waals surface area (Å²) in [6, 6.07) is 8.51. The number of hydrogen-bond acceptors (Lipinski definition) is 3. The fraction of sp³-hybridized carbons (Fsp3) is 0.214. The smallest absolute Gasteiger partial charge is 0.128 e. The first-order valence-corrected chi connectivity index (χ1v) is 5.75. The highest BCUT2D eigenvalue weighted by atomic mass is 19.1. The summed E-state index contributed by atoms with van der Waals surface area (Å²) < 4.78 is 18.2. The van der Waals surface area contributed by atoms with Gasteiger partial charge in [0.1, 0.15) is 11.6 Å². The Bertz CT molecular complexity index is 502. The van der Waals surface area contributed by atoms with Crippen molar-refractivity contribution in [2.24, 2.45) is 0 Å². The van der Waals surface area contributed by atoms with Crippen LogP contribution in [0.2, 0.25) is 0 Å². The summed E-state index contributed by atoms with van der Waals surface area (Å²) in [6.07, 6.45) is 4.39. The van der Waals surface area contributed by atoms with Gasteiger partial charge < -0.3 is 10.1 Å².